The topological polar surface area (TPSA) is 38.0 Å². The van der Waals surface area contributed by atoms with Crippen LogP contribution in [0.25, 0.3) is 0 Å². The lowest BCUT2D eigenvalue weighted by molar-refractivity contribution is 0.167. The van der Waals surface area contributed by atoms with Crippen molar-refractivity contribution in [2.75, 3.05) is 11.5 Å². The van der Waals surface area contributed by atoms with Gasteiger partial charge in [0, 0.05) is 35.5 Å². The van der Waals surface area contributed by atoms with E-state index in [0.29, 0.717) is 16.9 Å². The molecule has 6 heteroatoms. The summed E-state index contributed by atoms with van der Waals surface area (Å²) < 4.78 is 1.83. The average Bonchev–Trinajstić information content (AvgIpc) is 2.74. The number of thioether (sulfide) groups is 2. The molecule has 1 fully saturated rings. The highest BCUT2D eigenvalue weighted by Gasteiger charge is 2.32. The van der Waals surface area contributed by atoms with Crippen LogP contribution in [0.1, 0.15) is 31.7 Å². The van der Waals surface area contributed by atoms with Crippen LogP contribution < -0.4 is 0 Å². The van der Waals surface area contributed by atoms with Crippen molar-refractivity contribution in [3.05, 3.63) is 16.4 Å². The van der Waals surface area contributed by atoms with E-state index in [1.807, 2.05) is 35.3 Å². The number of aliphatic hydroxyl groups is 1. The lowest BCUT2D eigenvalue weighted by Gasteiger charge is -2.33. The van der Waals surface area contributed by atoms with Crippen LogP contribution in [0.3, 0.4) is 0 Å². The third-order valence-electron chi connectivity index (χ3n) is 3.78. The molecule has 2 heterocycles. The number of hydrogen-bond acceptors (Lipinski definition) is 4. The van der Waals surface area contributed by atoms with E-state index in [1.165, 1.54) is 5.75 Å². The van der Waals surface area contributed by atoms with Crippen LogP contribution in [0.5, 0.6) is 0 Å². The molecule has 0 aromatic carbocycles. The number of nitrogens with zero attached hydrogens (tertiary/aromatic N) is 2. The SMILES string of the molecule is CCc1nn(C)c(CC(O)C2SCCSC2CC)c1Cl. The lowest BCUT2D eigenvalue weighted by Crippen LogP contribution is -2.37. The number of rotatable bonds is 5. The van der Waals surface area contributed by atoms with Crippen molar-refractivity contribution in [1.82, 2.24) is 9.78 Å². The fourth-order valence-electron chi connectivity index (χ4n) is 2.65. The first-order valence-corrected chi connectivity index (χ1v) is 9.67. The van der Waals surface area contributed by atoms with Gasteiger partial charge in [0.2, 0.25) is 0 Å². The lowest BCUT2D eigenvalue weighted by atomic mass is 10.1. The van der Waals surface area contributed by atoms with E-state index in [9.17, 15) is 5.11 Å². The van der Waals surface area contributed by atoms with Gasteiger partial charge in [-0.2, -0.15) is 28.6 Å². The van der Waals surface area contributed by atoms with Gasteiger partial charge in [-0.1, -0.05) is 25.4 Å². The summed E-state index contributed by atoms with van der Waals surface area (Å²) in [5, 5.41) is 16.6. The van der Waals surface area contributed by atoms with Gasteiger partial charge in [0.1, 0.15) is 0 Å². The monoisotopic (exact) mass is 334 g/mol. The van der Waals surface area contributed by atoms with E-state index in [0.717, 1.165) is 35.0 Å². The number of aromatic nitrogens is 2. The van der Waals surface area contributed by atoms with E-state index < -0.39 is 0 Å². The number of hydrogen-bond donors (Lipinski definition) is 1. The molecule has 3 atom stereocenters. The van der Waals surface area contributed by atoms with Crippen molar-refractivity contribution in [3.8, 4) is 0 Å². The Morgan fingerprint density at radius 2 is 2.10 bits per heavy atom. The van der Waals surface area contributed by atoms with E-state index in [-0.39, 0.29) is 6.10 Å². The zero-order chi connectivity index (χ0) is 14.7. The predicted octanol–water partition coefficient (Wildman–Crippen LogP) is 3.17. The second-order valence-corrected chi connectivity index (χ2v) is 8.12. The first-order chi connectivity index (χ1) is 9.58. The Morgan fingerprint density at radius 1 is 1.40 bits per heavy atom. The van der Waals surface area contributed by atoms with E-state index in [1.54, 1.807) is 0 Å². The molecule has 0 aliphatic carbocycles. The maximum atomic E-state index is 10.6. The first-order valence-electron chi connectivity index (χ1n) is 7.19. The molecule has 0 bridgehead atoms. The van der Waals surface area contributed by atoms with Crippen molar-refractivity contribution < 1.29 is 5.11 Å². The van der Waals surface area contributed by atoms with Crippen molar-refractivity contribution in [3.63, 3.8) is 0 Å². The van der Waals surface area contributed by atoms with Gasteiger partial charge in [0.15, 0.2) is 0 Å². The Balaban J connectivity index is 2.10. The average molecular weight is 335 g/mol. The Hall–Kier alpha value is 0.160. The van der Waals surface area contributed by atoms with Gasteiger partial charge >= 0.3 is 0 Å². The molecule has 20 heavy (non-hydrogen) atoms. The quantitative estimate of drug-likeness (QED) is 0.897. The molecule has 1 N–H and O–H groups in total. The summed E-state index contributed by atoms with van der Waals surface area (Å²) in [7, 11) is 1.91. The molecule has 1 aromatic heterocycles. The summed E-state index contributed by atoms with van der Waals surface area (Å²) >= 11 is 10.3. The minimum absolute atomic E-state index is 0.301. The van der Waals surface area contributed by atoms with Crippen molar-refractivity contribution in [1.29, 1.82) is 0 Å². The Bertz CT molecular complexity index is 453. The molecule has 1 aliphatic rings. The molecule has 1 aliphatic heterocycles. The molecular weight excluding hydrogens is 312 g/mol. The Morgan fingerprint density at radius 3 is 2.70 bits per heavy atom. The molecule has 0 spiro atoms. The van der Waals surface area contributed by atoms with Crippen LogP contribution in [0.4, 0.5) is 0 Å². The molecule has 2 rings (SSSR count). The fraction of sp³-hybridized carbons (Fsp3) is 0.786. The summed E-state index contributed by atoms with van der Waals surface area (Å²) in [6.07, 6.45) is 2.18. The number of halogens is 1. The highest BCUT2D eigenvalue weighted by Crippen LogP contribution is 2.36. The van der Waals surface area contributed by atoms with Gasteiger partial charge in [-0.3, -0.25) is 4.68 Å². The zero-order valence-corrected chi connectivity index (χ0v) is 14.7. The normalized spacial score (nSPS) is 24.9. The molecule has 0 radical (unpaired) electrons. The van der Waals surface area contributed by atoms with Crippen LogP contribution in [0, 0.1) is 0 Å². The van der Waals surface area contributed by atoms with Crippen LogP contribution in [-0.2, 0) is 19.9 Å². The van der Waals surface area contributed by atoms with Gasteiger partial charge in [0.05, 0.1) is 22.5 Å². The van der Waals surface area contributed by atoms with E-state index in [4.69, 9.17) is 11.6 Å². The maximum absolute atomic E-state index is 10.6. The highest BCUT2D eigenvalue weighted by molar-refractivity contribution is 8.07. The van der Waals surface area contributed by atoms with Crippen LogP contribution in [0.2, 0.25) is 5.02 Å². The van der Waals surface area contributed by atoms with Crippen LogP contribution in [-0.4, -0.2) is 43.0 Å². The van der Waals surface area contributed by atoms with Crippen molar-refractivity contribution in [2.24, 2.45) is 7.05 Å². The third-order valence-corrected chi connectivity index (χ3v) is 7.61. The standard InChI is InChI=1S/C14H23ClN2OS2/c1-4-9-13(15)10(17(3)16-9)8-11(18)14-12(5-2)19-6-7-20-14/h11-12,14,18H,4-8H2,1-3H3. The summed E-state index contributed by atoms with van der Waals surface area (Å²) in [5.74, 6) is 2.32. The smallest absolute Gasteiger partial charge is 0.0850 e. The summed E-state index contributed by atoms with van der Waals surface area (Å²) in [4.78, 5) is 0. The minimum Gasteiger partial charge on any atom is -0.392 e. The summed E-state index contributed by atoms with van der Waals surface area (Å²) in [6, 6.07) is 0. The second kappa shape index (κ2) is 7.43. The highest BCUT2D eigenvalue weighted by atomic mass is 35.5. The van der Waals surface area contributed by atoms with Gasteiger partial charge in [-0.05, 0) is 12.8 Å². The maximum Gasteiger partial charge on any atom is 0.0850 e. The van der Waals surface area contributed by atoms with Gasteiger partial charge in [-0.25, -0.2) is 0 Å². The van der Waals surface area contributed by atoms with E-state index in [2.05, 4.69) is 18.9 Å². The molecule has 114 valence electrons. The minimum atomic E-state index is -0.352. The number of aliphatic hydroxyl groups excluding tert-OH is 1. The second-order valence-electron chi connectivity index (χ2n) is 5.11. The van der Waals surface area contributed by atoms with Crippen LogP contribution in [0.15, 0.2) is 0 Å². The van der Waals surface area contributed by atoms with Gasteiger partial charge in [0.25, 0.3) is 0 Å². The Kier molecular flexibility index (Phi) is 6.14. The zero-order valence-electron chi connectivity index (χ0n) is 12.3. The Labute approximate surface area is 134 Å². The molecule has 1 aromatic rings. The molecular formula is C14H23ClN2OS2. The largest absolute Gasteiger partial charge is 0.392 e. The first kappa shape index (κ1) is 16.5. The van der Waals surface area contributed by atoms with Gasteiger partial charge in [-0.15, -0.1) is 0 Å². The summed E-state index contributed by atoms with van der Waals surface area (Å²) in [6.45, 7) is 4.25. The molecule has 3 unspecified atom stereocenters. The summed E-state index contributed by atoms with van der Waals surface area (Å²) in [5.41, 5.74) is 1.89. The predicted molar refractivity (Wildman–Crippen MR) is 90.1 cm³/mol. The molecule has 3 nitrogen and oxygen atoms in total. The third kappa shape index (κ3) is 3.49. The van der Waals surface area contributed by atoms with Crippen molar-refractivity contribution in [2.45, 2.75) is 49.7 Å². The molecule has 1 saturated heterocycles. The fourth-order valence-corrected chi connectivity index (χ4v) is 6.17. The van der Waals surface area contributed by atoms with Crippen LogP contribution >= 0.6 is 35.1 Å². The van der Waals surface area contributed by atoms with Gasteiger partial charge < -0.3 is 5.11 Å². The number of aryl methyl sites for hydroxylation is 2. The molecule has 0 amide bonds. The molecule has 0 saturated carbocycles. The van der Waals surface area contributed by atoms with E-state index >= 15 is 0 Å². The van der Waals surface area contributed by atoms with Crippen molar-refractivity contribution >= 4 is 35.1 Å².